The number of nitrogens with one attached hydrogen (secondary N) is 1. The van der Waals surface area contributed by atoms with Crippen molar-refractivity contribution in [1.29, 1.82) is 0 Å². The van der Waals surface area contributed by atoms with E-state index in [9.17, 15) is 0 Å². The molecule has 3 rings (SSSR count). The summed E-state index contributed by atoms with van der Waals surface area (Å²) >= 11 is 12.4. The molecule has 0 saturated heterocycles. The monoisotopic (exact) mass is 415 g/mol. The van der Waals surface area contributed by atoms with Crippen LogP contribution in [0.3, 0.4) is 0 Å². The molecule has 0 atom stereocenters. The third-order valence-electron chi connectivity index (χ3n) is 4.39. The van der Waals surface area contributed by atoms with Gasteiger partial charge in [-0.05, 0) is 47.9 Å². The van der Waals surface area contributed by atoms with Crippen molar-refractivity contribution in [2.75, 3.05) is 13.7 Å². The molecule has 28 heavy (non-hydrogen) atoms. The zero-order chi connectivity index (χ0) is 19.8. The van der Waals surface area contributed by atoms with Gasteiger partial charge in [-0.2, -0.15) is 0 Å². The molecule has 0 aliphatic rings. The minimum atomic E-state index is 0.465. The number of rotatable bonds is 9. The summed E-state index contributed by atoms with van der Waals surface area (Å²) in [4.78, 5) is 0. The highest BCUT2D eigenvalue weighted by molar-refractivity contribution is 6.31. The van der Waals surface area contributed by atoms with Crippen molar-refractivity contribution in [3.05, 3.63) is 93.5 Å². The molecule has 0 saturated carbocycles. The summed E-state index contributed by atoms with van der Waals surface area (Å²) < 4.78 is 11.4. The Hall–Kier alpha value is -2.20. The van der Waals surface area contributed by atoms with E-state index in [0.717, 1.165) is 29.1 Å². The van der Waals surface area contributed by atoms with Crippen molar-refractivity contribution in [2.24, 2.45) is 0 Å². The topological polar surface area (TPSA) is 30.5 Å². The first-order valence-corrected chi connectivity index (χ1v) is 9.89. The van der Waals surface area contributed by atoms with E-state index in [1.165, 1.54) is 5.56 Å². The first-order valence-electron chi connectivity index (χ1n) is 9.14. The highest BCUT2D eigenvalue weighted by Crippen LogP contribution is 2.34. The number of methoxy groups -OCH3 is 1. The number of ether oxygens (including phenoxy) is 2. The molecular formula is C23H23Cl2NO2. The average Bonchev–Trinajstić information content (AvgIpc) is 2.72. The Balaban J connectivity index is 1.56. The van der Waals surface area contributed by atoms with Gasteiger partial charge < -0.3 is 14.8 Å². The second-order valence-electron chi connectivity index (χ2n) is 6.42. The molecule has 3 aromatic rings. The van der Waals surface area contributed by atoms with E-state index in [-0.39, 0.29) is 0 Å². The Bertz CT molecular complexity index is 883. The molecule has 0 unspecified atom stereocenters. The van der Waals surface area contributed by atoms with Crippen LogP contribution in [0.1, 0.15) is 16.7 Å². The van der Waals surface area contributed by atoms with E-state index in [0.29, 0.717) is 29.7 Å². The second kappa shape index (κ2) is 10.4. The quantitative estimate of drug-likeness (QED) is 0.440. The first kappa shape index (κ1) is 20.5. The highest BCUT2D eigenvalue weighted by Gasteiger charge is 2.11. The van der Waals surface area contributed by atoms with E-state index in [1.807, 2.05) is 66.7 Å². The van der Waals surface area contributed by atoms with E-state index < -0.39 is 0 Å². The molecule has 0 spiro atoms. The lowest BCUT2D eigenvalue weighted by molar-refractivity contribution is 0.284. The van der Waals surface area contributed by atoms with Gasteiger partial charge in [-0.15, -0.1) is 0 Å². The first-order chi connectivity index (χ1) is 13.7. The van der Waals surface area contributed by atoms with Crippen LogP contribution in [0.5, 0.6) is 11.5 Å². The van der Waals surface area contributed by atoms with Crippen LogP contribution in [0.4, 0.5) is 0 Å². The van der Waals surface area contributed by atoms with Gasteiger partial charge >= 0.3 is 0 Å². The predicted molar refractivity (Wildman–Crippen MR) is 116 cm³/mol. The lowest BCUT2D eigenvalue weighted by Gasteiger charge is -2.14. The SMILES string of the molecule is COc1cc(CNCCc2ccc(Cl)cc2)c(Cl)cc1OCc1ccccc1. The van der Waals surface area contributed by atoms with Crippen LogP contribution in [-0.2, 0) is 19.6 Å². The van der Waals surface area contributed by atoms with Gasteiger partial charge in [0.15, 0.2) is 11.5 Å². The zero-order valence-electron chi connectivity index (χ0n) is 15.8. The Kier molecular flexibility index (Phi) is 7.61. The van der Waals surface area contributed by atoms with Crippen LogP contribution in [0.15, 0.2) is 66.7 Å². The summed E-state index contributed by atoms with van der Waals surface area (Å²) in [6.45, 7) is 1.96. The predicted octanol–water partition coefficient (Wildman–Crippen LogP) is 5.91. The van der Waals surface area contributed by atoms with Gasteiger partial charge in [-0.3, -0.25) is 0 Å². The molecule has 0 heterocycles. The Labute approximate surface area is 176 Å². The molecule has 0 aliphatic carbocycles. The molecule has 3 aromatic carbocycles. The molecule has 0 bridgehead atoms. The molecule has 5 heteroatoms. The Morgan fingerprint density at radius 1 is 0.857 bits per heavy atom. The lowest BCUT2D eigenvalue weighted by Crippen LogP contribution is -2.17. The van der Waals surface area contributed by atoms with Crippen LogP contribution in [-0.4, -0.2) is 13.7 Å². The Morgan fingerprint density at radius 3 is 2.32 bits per heavy atom. The van der Waals surface area contributed by atoms with Gasteiger partial charge in [0.1, 0.15) is 6.61 Å². The third kappa shape index (κ3) is 5.90. The fourth-order valence-electron chi connectivity index (χ4n) is 2.83. The fourth-order valence-corrected chi connectivity index (χ4v) is 3.17. The summed E-state index contributed by atoms with van der Waals surface area (Å²) in [6, 6.07) is 21.6. The van der Waals surface area contributed by atoms with Gasteiger partial charge in [0.2, 0.25) is 0 Å². The third-order valence-corrected chi connectivity index (χ3v) is 4.99. The van der Waals surface area contributed by atoms with E-state index >= 15 is 0 Å². The number of hydrogen-bond donors (Lipinski definition) is 1. The number of benzene rings is 3. The summed E-state index contributed by atoms with van der Waals surface area (Å²) in [5.41, 5.74) is 3.31. The maximum Gasteiger partial charge on any atom is 0.163 e. The van der Waals surface area contributed by atoms with E-state index in [4.69, 9.17) is 32.7 Å². The molecule has 0 amide bonds. The van der Waals surface area contributed by atoms with Gasteiger partial charge in [0.25, 0.3) is 0 Å². The fraction of sp³-hybridized carbons (Fsp3) is 0.217. The zero-order valence-corrected chi connectivity index (χ0v) is 17.3. The summed E-state index contributed by atoms with van der Waals surface area (Å²) in [5.74, 6) is 1.32. The number of halogens is 2. The molecule has 3 nitrogen and oxygen atoms in total. The van der Waals surface area contributed by atoms with E-state index in [2.05, 4.69) is 5.32 Å². The molecule has 0 fully saturated rings. The standard InChI is InChI=1S/C23H23Cl2NO2/c1-27-22-13-19(15-26-12-11-17-7-9-20(24)10-8-17)21(25)14-23(22)28-16-18-5-3-2-4-6-18/h2-10,13-14,26H,11-12,15-16H2,1H3. The molecular weight excluding hydrogens is 393 g/mol. The largest absolute Gasteiger partial charge is 0.493 e. The van der Waals surface area contributed by atoms with Crippen LogP contribution in [0.2, 0.25) is 10.0 Å². The van der Waals surface area contributed by atoms with Crippen LogP contribution in [0, 0.1) is 0 Å². The summed E-state index contributed by atoms with van der Waals surface area (Å²) in [5, 5.41) is 4.83. The van der Waals surface area contributed by atoms with Gasteiger partial charge in [-0.25, -0.2) is 0 Å². The maximum atomic E-state index is 6.46. The Morgan fingerprint density at radius 2 is 1.61 bits per heavy atom. The summed E-state index contributed by atoms with van der Waals surface area (Å²) in [6.07, 6.45) is 0.921. The second-order valence-corrected chi connectivity index (χ2v) is 7.27. The smallest absolute Gasteiger partial charge is 0.163 e. The van der Waals surface area contributed by atoms with E-state index in [1.54, 1.807) is 7.11 Å². The van der Waals surface area contributed by atoms with Crippen molar-refractivity contribution >= 4 is 23.2 Å². The van der Waals surface area contributed by atoms with Crippen LogP contribution >= 0.6 is 23.2 Å². The van der Waals surface area contributed by atoms with Gasteiger partial charge in [0, 0.05) is 22.7 Å². The van der Waals surface area contributed by atoms with Crippen molar-refractivity contribution < 1.29 is 9.47 Å². The molecule has 146 valence electrons. The molecule has 0 aliphatic heterocycles. The normalized spacial score (nSPS) is 10.7. The van der Waals surface area contributed by atoms with Crippen molar-refractivity contribution in [2.45, 2.75) is 19.6 Å². The molecule has 1 N–H and O–H groups in total. The van der Waals surface area contributed by atoms with Gasteiger partial charge in [-0.1, -0.05) is 65.7 Å². The van der Waals surface area contributed by atoms with Crippen molar-refractivity contribution in [3.63, 3.8) is 0 Å². The summed E-state index contributed by atoms with van der Waals surface area (Å²) in [7, 11) is 1.64. The highest BCUT2D eigenvalue weighted by atomic mass is 35.5. The lowest BCUT2D eigenvalue weighted by atomic mass is 10.1. The van der Waals surface area contributed by atoms with Crippen molar-refractivity contribution in [1.82, 2.24) is 5.32 Å². The molecule has 0 aromatic heterocycles. The minimum Gasteiger partial charge on any atom is -0.493 e. The van der Waals surface area contributed by atoms with Crippen LogP contribution in [0.25, 0.3) is 0 Å². The average molecular weight is 416 g/mol. The molecule has 0 radical (unpaired) electrons. The van der Waals surface area contributed by atoms with Gasteiger partial charge in [0.05, 0.1) is 7.11 Å². The minimum absolute atomic E-state index is 0.465. The van der Waals surface area contributed by atoms with Crippen molar-refractivity contribution in [3.8, 4) is 11.5 Å². The van der Waals surface area contributed by atoms with Crippen LogP contribution < -0.4 is 14.8 Å². The maximum absolute atomic E-state index is 6.46. The number of hydrogen-bond acceptors (Lipinski definition) is 3.